The first-order valence-corrected chi connectivity index (χ1v) is 11.0. The second-order valence-electron chi connectivity index (χ2n) is 8.83. The molecule has 1 N–H and O–H groups in total. The van der Waals surface area contributed by atoms with Crippen LogP contribution in [0.2, 0.25) is 0 Å². The summed E-state index contributed by atoms with van der Waals surface area (Å²) in [7, 11) is 0. The van der Waals surface area contributed by atoms with E-state index < -0.39 is 17.7 Å². The molecule has 4 rings (SSSR count). The van der Waals surface area contributed by atoms with Crippen molar-refractivity contribution < 1.29 is 19.4 Å². The van der Waals surface area contributed by atoms with E-state index >= 15 is 0 Å². The zero-order valence-corrected chi connectivity index (χ0v) is 17.1. The van der Waals surface area contributed by atoms with E-state index in [1.807, 2.05) is 18.2 Å². The summed E-state index contributed by atoms with van der Waals surface area (Å²) in [6.45, 7) is 2.57. The number of benzene rings is 1. The van der Waals surface area contributed by atoms with E-state index in [2.05, 4.69) is 17.0 Å². The lowest BCUT2D eigenvalue weighted by atomic mass is 9.95. The predicted octanol–water partition coefficient (Wildman–Crippen LogP) is 3.26. The maximum Gasteiger partial charge on any atom is 0.328 e. The van der Waals surface area contributed by atoms with Crippen LogP contribution in [-0.4, -0.2) is 58.2 Å². The van der Waals surface area contributed by atoms with Crippen LogP contribution in [-0.2, 0) is 20.9 Å². The fourth-order valence-electron chi connectivity index (χ4n) is 5.28. The molecule has 1 aliphatic carbocycles. The van der Waals surface area contributed by atoms with Crippen molar-refractivity contribution >= 4 is 11.9 Å². The summed E-state index contributed by atoms with van der Waals surface area (Å²) < 4.78 is 6.06. The molecule has 3 aliphatic rings. The van der Waals surface area contributed by atoms with Crippen LogP contribution in [0.5, 0.6) is 0 Å². The van der Waals surface area contributed by atoms with Gasteiger partial charge in [0.15, 0.2) is 6.04 Å². The van der Waals surface area contributed by atoms with Crippen LogP contribution in [0.4, 0.5) is 0 Å². The highest BCUT2D eigenvalue weighted by molar-refractivity contribution is 5.85. The molecule has 0 aromatic heterocycles. The number of nitrogens with zero attached hydrogens (tertiary/aromatic N) is 2. The number of rotatable bonds is 6. The Kier molecular flexibility index (Phi) is 6.20. The molecule has 1 atom stereocenters. The van der Waals surface area contributed by atoms with E-state index in [1.165, 1.54) is 31.2 Å². The lowest BCUT2D eigenvalue weighted by Gasteiger charge is -2.44. The minimum absolute atomic E-state index is 0.0432. The number of amides is 1. The highest BCUT2D eigenvalue weighted by Crippen LogP contribution is 2.39. The maximum absolute atomic E-state index is 13.1. The third-order valence-corrected chi connectivity index (χ3v) is 6.94. The van der Waals surface area contributed by atoms with Gasteiger partial charge < -0.3 is 9.84 Å². The van der Waals surface area contributed by atoms with Crippen LogP contribution in [0.3, 0.4) is 0 Å². The Labute approximate surface area is 172 Å². The van der Waals surface area contributed by atoms with Crippen LogP contribution >= 0.6 is 0 Å². The number of aliphatic carboxylic acids is 1. The molecule has 29 heavy (non-hydrogen) atoms. The van der Waals surface area contributed by atoms with Crippen LogP contribution in [0.15, 0.2) is 30.3 Å². The summed E-state index contributed by atoms with van der Waals surface area (Å²) in [6, 6.07) is 9.49. The third kappa shape index (κ3) is 4.48. The minimum Gasteiger partial charge on any atom is -0.480 e. The van der Waals surface area contributed by atoms with Crippen molar-refractivity contribution in [3.8, 4) is 0 Å². The Morgan fingerprint density at radius 1 is 1.10 bits per heavy atom. The summed E-state index contributed by atoms with van der Waals surface area (Å²) in [5.41, 5.74) is 0.520. The van der Waals surface area contributed by atoms with Gasteiger partial charge in [0.25, 0.3) is 0 Å². The molecule has 2 heterocycles. The normalized spacial score (nSPS) is 25.0. The van der Waals surface area contributed by atoms with Crippen molar-refractivity contribution in [1.29, 1.82) is 0 Å². The van der Waals surface area contributed by atoms with E-state index in [4.69, 9.17) is 4.74 Å². The van der Waals surface area contributed by atoms with Crippen molar-refractivity contribution in [2.24, 2.45) is 5.92 Å². The van der Waals surface area contributed by atoms with Crippen molar-refractivity contribution in [2.75, 3.05) is 19.7 Å². The number of piperidine rings is 1. The molecular weight excluding hydrogens is 368 g/mol. The number of hydrogen-bond donors (Lipinski definition) is 1. The molecule has 1 aromatic carbocycles. The Morgan fingerprint density at radius 2 is 1.79 bits per heavy atom. The first kappa shape index (κ1) is 20.4. The SMILES string of the molecule is O=C(O)[C@@H]1COC2(CCN(Cc3ccccc3)CC2)N1C(=O)CCC1CCCC1. The summed E-state index contributed by atoms with van der Waals surface area (Å²) in [6.07, 6.45) is 7.55. The quantitative estimate of drug-likeness (QED) is 0.794. The van der Waals surface area contributed by atoms with E-state index in [9.17, 15) is 14.7 Å². The average molecular weight is 401 g/mol. The summed E-state index contributed by atoms with van der Waals surface area (Å²) in [4.78, 5) is 28.9. The molecule has 1 saturated carbocycles. The molecule has 1 amide bonds. The molecule has 0 bridgehead atoms. The minimum atomic E-state index is -0.956. The number of carbonyl (C=O) groups excluding carboxylic acids is 1. The summed E-state index contributed by atoms with van der Waals surface area (Å²) in [5, 5.41) is 9.69. The fraction of sp³-hybridized carbons (Fsp3) is 0.652. The van der Waals surface area contributed by atoms with Gasteiger partial charge in [-0.25, -0.2) is 4.79 Å². The van der Waals surface area contributed by atoms with Crippen LogP contribution in [0.25, 0.3) is 0 Å². The number of likely N-dealkylation sites (tertiary alicyclic amines) is 1. The van der Waals surface area contributed by atoms with Gasteiger partial charge in [-0.2, -0.15) is 0 Å². The van der Waals surface area contributed by atoms with Crippen molar-refractivity contribution in [2.45, 2.75) is 69.7 Å². The number of carbonyl (C=O) groups is 2. The molecular formula is C23H32N2O4. The zero-order chi connectivity index (χ0) is 20.3. The van der Waals surface area contributed by atoms with Crippen LogP contribution < -0.4 is 0 Å². The summed E-state index contributed by atoms with van der Waals surface area (Å²) in [5.74, 6) is -0.379. The van der Waals surface area contributed by atoms with Crippen molar-refractivity contribution in [1.82, 2.24) is 9.80 Å². The van der Waals surface area contributed by atoms with Gasteiger partial charge in [0.05, 0.1) is 6.61 Å². The largest absolute Gasteiger partial charge is 0.480 e. The molecule has 0 unspecified atom stereocenters. The zero-order valence-electron chi connectivity index (χ0n) is 17.1. The highest BCUT2D eigenvalue weighted by Gasteiger charge is 2.53. The molecule has 2 saturated heterocycles. The molecule has 1 spiro atoms. The van der Waals surface area contributed by atoms with Gasteiger partial charge in [0, 0.05) is 38.9 Å². The smallest absolute Gasteiger partial charge is 0.328 e. The number of carboxylic acids is 1. The lowest BCUT2D eigenvalue weighted by Crippen LogP contribution is -2.58. The second-order valence-corrected chi connectivity index (χ2v) is 8.83. The van der Waals surface area contributed by atoms with Gasteiger partial charge in [-0.05, 0) is 17.9 Å². The molecule has 0 radical (unpaired) electrons. The van der Waals surface area contributed by atoms with Gasteiger partial charge >= 0.3 is 5.97 Å². The van der Waals surface area contributed by atoms with E-state index in [0.717, 1.165) is 26.1 Å². The van der Waals surface area contributed by atoms with Gasteiger partial charge in [0.1, 0.15) is 5.72 Å². The van der Waals surface area contributed by atoms with Crippen molar-refractivity contribution in [3.05, 3.63) is 35.9 Å². The van der Waals surface area contributed by atoms with Gasteiger partial charge in [-0.1, -0.05) is 56.0 Å². The third-order valence-electron chi connectivity index (χ3n) is 6.94. The number of ether oxygens (including phenoxy) is 1. The Morgan fingerprint density at radius 3 is 2.45 bits per heavy atom. The average Bonchev–Trinajstić information content (AvgIpc) is 3.37. The van der Waals surface area contributed by atoms with Gasteiger partial charge in [-0.15, -0.1) is 0 Å². The van der Waals surface area contributed by atoms with Crippen LogP contribution in [0, 0.1) is 5.92 Å². The molecule has 3 fully saturated rings. The Hall–Kier alpha value is -1.92. The monoisotopic (exact) mass is 400 g/mol. The van der Waals surface area contributed by atoms with E-state index in [-0.39, 0.29) is 12.5 Å². The maximum atomic E-state index is 13.1. The molecule has 158 valence electrons. The number of hydrogen-bond acceptors (Lipinski definition) is 4. The first-order valence-electron chi connectivity index (χ1n) is 11.0. The fourth-order valence-corrected chi connectivity index (χ4v) is 5.28. The molecule has 6 heteroatoms. The second kappa shape index (κ2) is 8.84. The van der Waals surface area contributed by atoms with Crippen molar-refractivity contribution in [3.63, 3.8) is 0 Å². The van der Waals surface area contributed by atoms with Gasteiger partial charge in [0.2, 0.25) is 5.91 Å². The van der Waals surface area contributed by atoms with E-state index in [0.29, 0.717) is 25.2 Å². The summed E-state index contributed by atoms with van der Waals surface area (Å²) >= 11 is 0. The Bertz CT molecular complexity index is 709. The topological polar surface area (TPSA) is 70.1 Å². The Balaban J connectivity index is 1.40. The van der Waals surface area contributed by atoms with Gasteiger partial charge in [-0.3, -0.25) is 14.6 Å². The highest BCUT2D eigenvalue weighted by atomic mass is 16.5. The standard InChI is InChI=1S/C23H32N2O4/c26-21(11-10-18-6-4-5-7-18)25-20(22(27)28)17-29-23(25)12-14-24(15-13-23)16-19-8-2-1-3-9-19/h1-3,8-9,18,20H,4-7,10-17H2,(H,27,28)/t20-/m0/s1. The van der Waals surface area contributed by atoms with Crippen LogP contribution in [0.1, 0.15) is 56.9 Å². The number of carboxylic acid groups (broad SMARTS) is 1. The molecule has 6 nitrogen and oxygen atoms in total. The molecule has 1 aromatic rings. The first-order chi connectivity index (χ1) is 14.1. The molecule has 2 aliphatic heterocycles. The predicted molar refractivity (Wildman–Crippen MR) is 109 cm³/mol. The lowest BCUT2D eigenvalue weighted by molar-refractivity contribution is -0.166. The van der Waals surface area contributed by atoms with E-state index in [1.54, 1.807) is 4.90 Å².